The van der Waals surface area contributed by atoms with Crippen LogP contribution < -0.4 is 10.1 Å². The van der Waals surface area contributed by atoms with Crippen LogP contribution in [0.25, 0.3) is 0 Å². The second kappa shape index (κ2) is 10.1. The van der Waals surface area contributed by atoms with Gasteiger partial charge in [0, 0.05) is 39.3 Å². The average molecular weight is 432 g/mol. The average Bonchev–Trinajstić information content (AvgIpc) is 2.74. The molecule has 0 saturated carbocycles. The Bertz CT molecular complexity index is 953. The molecule has 2 aromatic rings. The molecule has 7 nitrogen and oxygen atoms in total. The van der Waals surface area contributed by atoms with E-state index in [0.717, 1.165) is 11.1 Å². The van der Waals surface area contributed by atoms with Crippen molar-refractivity contribution in [2.45, 2.75) is 18.7 Å². The molecular weight excluding hydrogens is 402 g/mol. The number of para-hydroxylation sites is 1. The van der Waals surface area contributed by atoms with Crippen LogP contribution in [0, 0.1) is 13.8 Å². The summed E-state index contributed by atoms with van der Waals surface area (Å²) in [6, 6.07) is 14.5. The molecule has 1 heterocycles. The third kappa shape index (κ3) is 5.81. The molecule has 1 aliphatic heterocycles. The van der Waals surface area contributed by atoms with Crippen LogP contribution in [0.1, 0.15) is 11.1 Å². The maximum Gasteiger partial charge on any atom is 0.257 e. The lowest BCUT2D eigenvalue weighted by molar-refractivity contribution is -0.123. The van der Waals surface area contributed by atoms with E-state index < -0.39 is 10.0 Å². The highest BCUT2D eigenvalue weighted by molar-refractivity contribution is 7.89. The third-order valence-corrected chi connectivity index (χ3v) is 7.11. The molecule has 3 rings (SSSR count). The van der Waals surface area contributed by atoms with Gasteiger partial charge in [-0.2, -0.15) is 4.31 Å². The molecule has 2 aromatic carbocycles. The number of nitrogens with zero attached hydrogens (tertiary/aromatic N) is 2. The number of benzene rings is 2. The predicted molar refractivity (Wildman–Crippen MR) is 116 cm³/mol. The summed E-state index contributed by atoms with van der Waals surface area (Å²) < 4.78 is 32.6. The minimum atomic E-state index is -3.45. The number of carbonyl (C=O) groups excluding carboxylic acids is 1. The summed E-state index contributed by atoms with van der Waals surface area (Å²) in [5.41, 5.74) is 2.02. The summed E-state index contributed by atoms with van der Waals surface area (Å²) in [7, 11) is -3.45. The van der Waals surface area contributed by atoms with Gasteiger partial charge in [-0.05, 0) is 37.6 Å². The van der Waals surface area contributed by atoms with Crippen molar-refractivity contribution in [3.8, 4) is 5.75 Å². The summed E-state index contributed by atoms with van der Waals surface area (Å²) in [6.45, 7) is 7.19. The summed E-state index contributed by atoms with van der Waals surface area (Å²) in [6.07, 6.45) is 0. The summed E-state index contributed by atoms with van der Waals surface area (Å²) in [5, 5.41) is 2.85. The Morgan fingerprint density at radius 1 is 1.00 bits per heavy atom. The highest BCUT2D eigenvalue weighted by atomic mass is 32.2. The molecule has 0 spiro atoms. The molecule has 0 radical (unpaired) electrons. The van der Waals surface area contributed by atoms with Crippen LogP contribution in [0.15, 0.2) is 53.4 Å². The molecule has 162 valence electrons. The molecule has 0 bridgehead atoms. The molecule has 1 aliphatic rings. The van der Waals surface area contributed by atoms with E-state index in [1.165, 1.54) is 4.31 Å². The smallest absolute Gasteiger partial charge is 0.257 e. The van der Waals surface area contributed by atoms with Crippen LogP contribution in [0.4, 0.5) is 0 Å². The van der Waals surface area contributed by atoms with Gasteiger partial charge in [-0.1, -0.05) is 35.9 Å². The SMILES string of the molecule is Cc1ccc(S(=O)(=O)N2CCN(CCNC(=O)COc3ccccc3C)CC2)cc1. The molecule has 0 unspecified atom stereocenters. The zero-order valence-corrected chi connectivity index (χ0v) is 18.3. The van der Waals surface area contributed by atoms with Gasteiger partial charge in [0.1, 0.15) is 5.75 Å². The molecule has 1 amide bonds. The van der Waals surface area contributed by atoms with Crippen LogP contribution in [0.3, 0.4) is 0 Å². The lowest BCUT2D eigenvalue weighted by atomic mass is 10.2. The van der Waals surface area contributed by atoms with Gasteiger partial charge in [0.2, 0.25) is 10.0 Å². The normalized spacial score (nSPS) is 15.7. The fourth-order valence-corrected chi connectivity index (χ4v) is 4.74. The van der Waals surface area contributed by atoms with Gasteiger partial charge in [-0.3, -0.25) is 9.69 Å². The molecule has 0 aliphatic carbocycles. The number of nitrogens with one attached hydrogen (secondary N) is 1. The van der Waals surface area contributed by atoms with E-state index in [9.17, 15) is 13.2 Å². The van der Waals surface area contributed by atoms with Crippen molar-refractivity contribution >= 4 is 15.9 Å². The van der Waals surface area contributed by atoms with Crippen molar-refractivity contribution in [3.05, 3.63) is 59.7 Å². The first kappa shape index (κ1) is 22.3. The van der Waals surface area contributed by atoms with E-state index in [2.05, 4.69) is 10.2 Å². The Hall–Kier alpha value is -2.42. The van der Waals surface area contributed by atoms with Crippen molar-refractivity contribution < 1.29 is 17.9 Å². The van der Waals surface area contributed by atoms with E-state index in [0.29, 0.717) is 49.9 Å². The first-order chi connectivity index (χ1) is 14.4. The van der Waals surface area contributed by atoms with Gasteiger partial charge in [0.15, 0.2) is 6.61 Å². The summed E-state index contributed by atoms with van der Waals surface area (Å²) in [5.74, 6) is 0.539. The van der Waals surface area contributed by atoms with Gasteiger partial charge in [0.05, 0.1) is 4.90 Å². The zero-order valence-electron chi connectivity index (χ0n) is 17.5. The number of hydrogen-bond donors (Lipinski definition) is 1. The minimum absolute atomic E-state index is 0.0204. The summed E-state index contributed by atoms with van der Waals surface area (Å²) >= 11 is 0. The van der Waals surface area contributed by atoms with Crippen molar-refractivity contribution in [2.75, 3.05) is 45.9 Å². The Kier molecular flexibility index (Phi) is 7.47. The van der Waals surface area contributed by atoms with E-state index in [1.54, 1.807) is 12.1 Å². The second-order valence-electron chi connectivity index (χ2n) is 7.46. The van der Waals surface area contributed by atoms with Crippen molar-refractivity contribution in [1.29, 1.82) is 0 Å². The quantitative estimate of drug-likeness (QED) is 0.690. The molecule has 0 atom stereocenters. The molecule has 1 N–H and O–H groups in total. The van der Waals surface area contributed by atoms with Gasteiger partial charge in [-0.15, -0.1) is 0 Å². The number of rotatable bonds is 8. The van der Waals surface area contributed by atoms with Gasteiger partial charge < -0.3 is 10.1 Å². The number of carbonyl (C=O) groups is 1. The van der Waals surface area contributed by atoms with Crippen molar-refractivity contribution in [3.63, 3.8) is 0 Å². The predicted octanol–water partition coefficient (Wildman–Crippen LogP) is 1.80. The first-order valence-electron chi connectivity index (χ1n) is 10.1. The van der Waals surface area contributed by atoms with Crippen molar-refractivity contribution in [1.82, 2.24) is 14.5 Å². The van der Waals surface area contributed by atoms with Crippen LogP contribution in [-0.4, -0.2) is 69.4 Å². The topological polar surface area (TPSA) is 79.0 Å². The van der Waals surface area contributed by atoms with E-state index >= 15 is 0 Å². The molecule has 8 heteroatoms. The Balaban J connectivity index is 1.38. The maximum absolute atomic E-state index is 12.8. The van der Waals surface area contributed by atoms with Crippen molar-refractivity contribution in [2.24, 2.45) is 0 Å². The minimum Gasteiger partial charge on any atom is -0.484 e. The number of hydrogen-bond acceptors (Lipinski definition) is 5. The van der Waals surface area contributed by atoms with Crippen LogP contribution in [-0.2, 0) is 14.8 Å². The molecule has 0 aromatic heterocycles. The molecule has 30 heavy (non-hydrogen) atoms. The largest absolute Gasteiger partial charge is 0.484 e. The van der Waals surface area contributed by atoms with Crippen LogP contribution >= 0.6 is 0 Å². The number of piperazine rings is 1. The van der Waals surface area contributed by atoms with Crippen LogP contribution in [0.2, 0.25) is 0 Å². The standard InChI is InChI=1S/C22H29N3O4S/c1-18-7-9-20(10-8-18)30(27,28)25-15-13-24(14-16-25)12-11-23-22(26)17-29-21-6-4-3-5-19(21)2/h3-10H,11-17H2,1-2H3,(H,23,26). The Morgan fingerprint density at radius 2 is 1.67 bits per heavy atom. The number of amides is 1. The fraction of sp³-hybridized carbons (Fsp3) is 0.409. The highest BCUT2D eigenvalue weighted by Crippen LogP contribution is 2.18. The second-order valence-corrected chi connectivity index (χ2v) is 9.40. The molecular formula is C22H29N3O4S. The fourth-order valence-electron chi connectivity index (χ4n) is 3.32. The number of aryl methyl sites for hydroxylation is 2. The van der Waals surface area contributed by atoms with Gasteiger partial charge >= 0.3 is 0 Å². The summed E-state index contributed by atoms with van der Waals surface area (Å²) in [4.78, 5) is 14.5. The van der Waals surface area contributed by atoms with E-state index in [-0.39, 0.29) is 12.5 Å². The van der Waals surface area contributed by atoms with Gasteiger partial charge in [0.25, 0.3) is 5.91 Å². The first-order valence-corrected chi connectivity index (χ1v) is 11.5. The molecule has 1 fully saturated rings. The number of ether oxygens (including phenoxy) is 1. The number of sulfonamides is 1. The molecule has 1 saturated heterocycles. The lowest BCUT2D eigenvalue weighted by Gasteiger charge is -2.34. The van der Waals surface area contributed by atoms with E-state index in [4.69, 9.17) is 4.74 Å². The van der Waals surface area contributed by atoms with Gasteiger partial charge in [-0.25, -0.2) is 8.42 Å². The monoisotopic (exact) mass is 431 g/mol. The lowest BCUT2D eigenvalue weighted by Crippen LogP contribution is -2.50. The zero-order chi connectivity index (χ0) is 21.6. The van der Waals surface area contributed by atoms with E-state index in [1.807, 2.05) is 50.2 Å². The highest BCUT2D eigenvalue weighted by Gasteiger charge is 2.28. The van der Waals surface area contributed by atoms with Crippen LogP contribution in [0.5, 0.6) is 5.75 Å². The maximum atomic E-state index is 12.8. The Morgan fingerprint density at radius 3 is 2.33 bits per heavy atom. The third-order valence-electron chi connectivity index (χ3n) is 5.19. The Labute approximate surface area is 178 Å².